The molecule has 194 valence electrons. The van der Waals surface area contributed by atoms with E-state index in [9.17, 15) is 8.42 Å². The Morgan fingerprint density at radius 1 is 0.366 bits per heavy atom. The van der Waals surface area contributed by atoms with Crippen LogP contribution in [0.5, 0.6) is 0 Å². The molecule has 0 saturated heterocycles. The third kappa shape index (κ3) is 3.74. The summed E-state index contributed by atoms with van der Waals surface area (Å²) in [6.07, 6.45) is 0. The van der Waals surface area contributed by atoms with Crippen molar-refractivity contribution in [2.45, 2.75) is 9.79 Å². The molecule has 0 radical (unpaired) electrons. The first-order valence-electron chi connectivity index (χ1n) is 13.7. The van der Waals surface area contributed by atoms with E-state index in [1.807, 2.05) is 42.5 Å². The second-order valence-corrected chi connectivity index (χ2v) is 12.4. The van der Waals surface area contributed by atoms with Gasteiger partial charge in [-0.1, -0.05) is 121 Å². The summed E-state index contributed by atoms with van der Waals surface area (Å²) in [6.45, 7) is 0. The van der Waals surface area contributed by atoms with Gasteiger partial charge < -0.3 is 0 Å². The van der Waals surface area contributed by atoms with Crippen molar-refractivity contribution in [1.29, 1.82) is 0 Å². The van der Waals surface area contributed by atoms with Crippen molar-refractivity contribution in [3.8, 4) is 44.5 Å². The summed E-state index contributed by atoms with van der Waals surface area (Å²) in [5, 5.41) is 4.98. The van der Waals surface area contributed by atoms with Gasteiger partial charge in [0.15, 0.2) is 0 Å². The summed E-state index contributed by atoms with van der Waals surface area (Å²) in [6, 6.07) is 49.3. The molecule has 0 amide bonds. The van der Waals surface area contributed by atoms with E-state index in [2.05, 4.69) is 91.0 Å². The van der Waals surface area contributed by atoms with Gasteiger partial charge in [0.05, 0.1) is 9.79 Å². The fourth-order valence-corrected chi connectivity index (χ4v) is 8.12. The van der Waals surface area contributed by atoms with Gasteiger partial charge in [-0.15, -0.1) is 0 Å². The van der Waals surface area contributed by atoms with Gasteiger partial charge in [0.2, 0.25) is 9.84 Å². The molecule has 7 aromatic carbocycles. The minimum absolute atomic E-state index is 0.384. The normalized spacial score (nSPS) is 13.3. The minimum Gasteiger partial charge on any atom is -0.218 e. The number of hydrogen-bond acceptors (Lipinski definition) is 2. The quantitative estimate of drug-likeness (QED) is 0.207. The standard InChI is InChI=1S/C38H24O2S/c39-41(40)37-17-4-3-14-35(37)36-16-7-15-34(38(36)41)30-12-6-11-28(23-30)26-9-5-10-27(22-26)29-20-21-33-31(24-29)19-18-25-8-1-2-13-32(25)33/h1-24H. The smallest absolute Gasteiger partial charge is 0.208 e. The Kier molecular flexibility index (Phi) is 5.25. The lowest BCUT2D eigenvalue weighted by atomic mass is 9.94. The molecule has 0 fully saturated rings. The second-order valence-electron chi connectivity index (χ2n) is 10.6. The molecule has 41 heavy (non-hydrogen) atoms. The van der Waals surface area contributed by atoms with E-state index in [0.717, 1.165) is 44.5 Å². The van der Waals surface area contributed by atoms with Crippen LogP contribution in [0.2, 0.25) is 0 Å². The number of hydrogen-bond donors (Lipinski definition) is 0. The molecule has 0 saturated carbocycles. The van der Waals surface area contributed by atoms with Crippen molar-refractivity contribution in [2.24, 2.45) is 0 Å². The Balaban J connectivity index is 1.21. The topological polar surface area (TPSA) is 34.1 Å². The Morgan fingerprint density at radius 3 is 1.76 bits per heavy atom. The molecule has 1 aliphatic rings. The van der Waals surface area contributed by atoms with Crippen molar-refractivity contribution < 1.29 is 8.42 Å². The fourth-order valence-electron chi connectivity index (χ4n) is 6.24. The van der Waals surface area contributed by atoms with Crippen molar-refractivity contribution in [3.63, 3.8) is 0 Å². The van der Waals surface area contributed by atoms with E-state index < -0.39 is 9.84 Å². The van der Waals surface area contributed by atoms with Crippen LogP contribution in [0.1, 0.15) is 0 Å². The van der Waals surface area contributed by atoms with Crippen LogP contribution < -0.4 is 0 Å². The summed E-state index contributed by atoms with van der Waals surface area (Å²) >= 11 is 0. The second kappa shape index (κ2) is 9.02. The molecule has 7 aromatic rings. The van der Waals surface area contributed by atoms with Gasteiger partial charge in [-0.3, -0.25) is 0 Å². The zero-order valence-electron chi connectivity index (χ0n) is 22.1. The van der Waals surface area contributed by atoms with E-state index >= 15 is 0 Å². The van der Waals surface area contributed by atoms with Gasteiger partial charge in [0.25, 0.3) is 0 Å². The molecule has 0 aliphatic carbocycles. The van der Waals surface area contributed by atoms with Gasteiger partial charge >= 0.3 is 0 Å². The largest absolute Gasteiger partial charge is 0.218 e. The van der Waals surface area contributed by atoms with Crippen molar-refractivity contribution >= 4 is 31.4 Å². The Morgan fingerprint density at radius 2 is 0.927 bits per heavy atom. The molecule has 0 aromatic heterocycles. The van der Waals surface area contributed by atoms with Gasteiger partial charge in [-0.05, 0) is 73.6 Å². The Labute approximate surface area is 239 Å². The predicted octanol–water partition coefficient (Wildman–Crippen LogP) is 9.81. The first-order valence-corrected chi connectivity index (χ1v) is 15.2. The third-order valence-electron chi connectivity index (χ3n) is 8.20. The maximum absolute atomic E-state index is 13.6. The summed E-state index contributed by atoms with van der Waals surface area (Å²) < 4.78 is 27.2. The maximum atomic E-state index is 13.6. The maximum Gasteiger partial charge on any atom is 0.208 e. The SMILES string of the molecule is O=S1(=O)c2ccccc2-c2cccc(-c3cccc(-c4cccc(-c5ccc6c(ccc7ccccc76)c5)c4)c3)c21. The van der Waals surface area contributed by atoms with Crippen LogP contribution in [0, 0.1) is 0 Å². The number of rotatable bonds is 3. The summed E-state index contributed by atoms with van der Waals surface area (Å²) in [5.41, 5.74) is 7.60. The number of benzene rings is 7. The van der Waals surface area contributed by atoms with E-state index in [4.69, 9.17) is 0 Å². The average Bonchev–Trinajstić information content (AvgIpc) is 3.27. The first kappa shape index (κ1) is 23.9. The average molecular weight is 545 g/mol. The fraction of sp³-hybridized carbons (Fsp3) is 0. The van der Waals surface area contributed by atoms with Crippen molar-refractivity contribution in [1.82, 2.24) is 0 Å². The third-order valence-corrected chi connectivity index (χ3v) is 10.1. The minimum atomic E-state index is -3.60. The molecule has 2 nitrogen and oxygen atoms in total. The van der Waals surface area contributed by atoms with Crippen LogP contribution in [-0.4, -0.2) is 8.42 Å². The molecule has 0 bridgehead atoms. The highest BCUT2D eigenvalue weighted by Gasteiger charge is 2.35. The molecule has 0 atom stereocenters. The van der Waals surface area contributed by atoms with Gasteiger partial charge in [-0.25, -0.2) is 8.42 Å². The van der Waals surface area contributed by atoms with Crippen LogP contribution in [0.15, 0.2) is 155 Å². The highest BCUT2D eigenvalue weighted by Crippen LogP contribution is 2.47. The molecule has 3 heteroatoms. The zero-order chi connectivity index (χ0) is 27.6. The highest BCUT2D eigenvalue weighted by molar-refractivity contribution is 7.92. The van der Waals surface area contributed by atoms with Crippen LogP contribution in [0.25, 0.3) is 66.1 Å². The van der Waals surface area contributed by atoms with Gasteiger partial charge in [-0.2, -0.15) is 0 Å². The van der Waals surface area contributed by atoms with Crippen molar-refractivity contribution in [3.05, 3.63) is 146 Å². The molecular weight excluding hydrogens is 520 g/mol. The van der Waals surface area contributed by atoms with Gasteiger partial charge in [0.1, 0.15) is 0 Å². The predicted molar refractivity (Wildman–Crippen MR) is 169 cm³/mol. The molecule has 0 N–H and O–H groups in total. The lowest BCUT2D eigenvalue weighted by Crippen LogP contribution is -1.99. The van der Waals surface area contributed by atoms with E-state index in [-0.39, 0.29) is 0 Å². The monoisotopic (exact) mass is 544 g/mol. The van der Waals surface area contributed by atoms with E-state index in [1.54, 1.807) is 12.1 Å². The molecular formula is C38H24O2S. The summed E-state index contributed by atoms with van der Waals surface area (Å²) in [7, 11) is -3.60. The lowest BCUT2D eigenvalue weighted by molar-refractivity contribution is 0.599. The molecule has 1 aliphatic heterocycles. The van der Waals surface area contributed by atoms with E-state index in [1.165, 1.54) is 21.5 Å². The van der Waals surface area contributed by atoms with Crippen LogP contribution in [0.3, 0.4) is 0 Å². The van der Waals surface area contributed by atoms with Crippen LogP contribution in [-0.2, 0) is 9.84 Å². The summed E-state index contributed by atoms with van der Waals surface area (Å²) in [5.74, 6) is 0. The number of fused-ring (bicyclic) bond motifs is 6. The Hall–Kier alpha value is -4.99. The molecule has 1 heterocycles. The molecule has 8 rings (SSSR count). The number of sulfone groups is 1. The highest BCUT2D eigenvalue weighted by atomic mass is 32.2. The Bertz CT molecular complexity index is 2280. The summed E-state index contributed by atoms with van der Waals surface area (Å²) in [4.78, 5) is 0.783. The van der Waals surface area contributed by atoms with Crippen molar-refractivity contribution in [2.75, 3.05) is 0 Å². The van der Waals surface area contributed by atoms with E-state index in [0.29, 0.717) is 9.79 Å². The van der Waals surface area contributed by atoms with Gasteiger partial charge in [0, 0.05) is 16.7 Å². The van der Waals surface area contributed by atoms with Crippen LogP contribution >= 0.6 is 0 Å². The van der Waals surface area contributed by atoms with Crippen LogP contribution in [0.4, 0.5) is 0 Å². The molecule has 0 spiro atoms. The first-order chi connectivity index (χ1) is 20.1. The zero-order valence-corrected chi connectivity index (χ0v) is 22.9. The lowest BCUT2D eigenvalue weighted by Gasteiger charge is -2.12. The molecule has 0 unspecified atom stereocenters.